The van der Waals surface area contributed by atoms with E-state index in [-0.39, 0.29) is 6.61 Å². The second kappa shape index (κ2) is 6.55. The second-order valence-electron chi connectivity index (χ2n) is 4.58. The van der Waals surface area contributed by atoms with Crippen molar-refractivity contribution in [2.75, 3.05) is 6.61 Å². The molecule has 0 aliphatic carbocycles. The van der Waals surface area contributed by atoms with Crippen molar-refractivity contribution in [1.82, 2.24) is 0 Å². The van der Waals surface area contributed by atoms with E-state index in [4.69, 9.17) is 4.74 Å². The van der Waals surface area contributed by atoms with Crippen molar-refractivity contribution >= 4 is 15.9 Å². The molecule has 0 aliphatic heterocycles. The minimum atomic E-state index is -0.807. The highest BCUT2D eigenvalue weighted by Gasteiger charge is 2.24. The largest absolute Gasteiger partial charge is 0.490 e. The van der Waals surface area contributed by atoms with Gasteiger partial charge in [0.1, 0.15) is 12.4 Å². The van der Waals surface area contributed by atoms with Crippen LogP contribution in [0.4, 0.5) is 0 Å². The van der Waals surface area contributed by atoms with Crippen LogP contribution in [0, 0.1) is 0 Å². The standard InChI is InChI=1S/C14H21BrO3/c1-4-14(17,5-2)9-18-13-8-11(15)6-7-12(13)10(3)16/h6-8,10,16-17H,4-5,9H2,1-3H3/t10-/m1/s1. The van der Waals surface area contributed by atoms with Crippen LogP contribution in [-0.2, 0) is 0 Å². The van der Waals surface area contributed by atoms with Gasteiger partial charge in [0.15, 0.2) is 0 Å². The minimum Gasteiger partial charge on any atom is -0.490 e. The average molecular weight is 317 g/mol. The Balaban J connectivity index is 2.86. The molecule has 0 fully saturated rings. The number of benzene rings is 1. The van der Waals surface area contributed by atoms with E-state index in [0.717, 1.165) is 10.0 Å². The Hall–Kier alpha value is -0.580. The molecule has 0 radical (unpaired) electrons. The summed E-state index contributed by atoms with van der Waals surface area (Å²) in [5.41, 5.74) is -0.0779. The fourth-order valence-corrected chi connectivity index (χ4v) is 1.98. The Morgan fingerprint density at radius 1 is 1.33 bits per heavy atom. The van der Waals surface area contributed by atoms with Crippen LogP contribution in [0.3, 0.4) is 0 Å². The maximum Gasteiger partial charge on any atom is 0.126 e. The first kappa shape index (κ1) is 15.5. The van der Waals surface area contributed by atoms with Crippen LogP contribution >= 0.6 is 15.9 Å². The Morgan fingerprint density at radius 2 is 1.94 bits per heavy atom. The number of halogens is 1. The number of hydrogen-bond acceptors (Lipinski definition) is 3. The number of hydrogen-bond donors (Lipinski definition) is 2. The quantitative estimate of drug-likeness (QED) is 0.845. The molecular formula is C14H21BrO3. The second-order valence-corrected chi connectivity index (χ2v) is 5.49. The van der Waals surface area contributed by atoms with E-state index in [9.17, 15) is 10.2 Å². The molecule has 0 heterocycles. The highest BCUT2D eigenvalue weighted by atomic mass is 79.9. The van der Waals surface area contributed by atoms with Crippen LogP contribution in [0.15, 0.2) is 22.7 Å². The molecule has 102 valence electrons. The summed E-state index contributed by atoms with van der Waals surface area (Å²) >= 11 is 3.38. The van der Waals surface area contributed by atoms with Gasteiger partial charge in [-0.3, -0.25) is 0 Å². The number of aliphatic hydroxyl groups excluding tert-OH is 1. The molecule has 18 heavy (non-hydrogen) atoms. The van der Waals surface area contributed by atoms with Crippen molar-refractivity contribution in [3.63, 3.8) is 0 Å². The SMILES string of the molecule is CCC(O)(CC)COc1cc(Br)ccc1[C@@H](C)O. The molecular weight excluding hydrogens is 296 g/mol. The molecule has 1 rings (SSSR count). The molecule has 1 aromatic carbocycles. The topological polar surface area (TPSA) is 49.7 Å². The van der Waals surface area contributed by atoms with Gasteiger partial charge in [0.2, 0.25) is 0 Å². The Morgan fingerprint density at radius 3 is 2.44 bits per heavy atom. The Kier molecular flexibility index (Phi) is 5.63. The van der Waals surface area contributed by atoms with E-state index in [2.05, 4.69) is 15.9 Å². The molecule has 0 unspecified atom stereocenters. The highest BCUT2D eigenvalue weighted by molar-refractivity contribution is 9.10. The number of rotatable bonds is 6. The van der Waals surface area contributed by atoms with Crippen LogP contribution in [-0.4, -0.2) is 22.4 Å². The van der Waals surface area contributed by atoms with Gasteiger partial charge in [-0.25, -0.2) is 0 Å². The van der Waals surface area contributed by atoms with Gasteiger partial charge in [0.25, 0.3) is 0 Å². The first-order chi connectivity index (χ1) is 8.41. The first-order valence-electron chi connectivity index (χ1n) is 6.24. The predicted molar refractivity (Wildman–Crippen MR) is 75.8 cm³/mol. The smallest absolute Gasteiger partial charge is 0.126 e. The summed E-state index contributed by atoms with van der Waals surface area (Å²) in [4.78, 5) is 0. The lowest BCUT2D eigenvalue weighted by Gasteiger charge is -2.26. The molecule has 3 nitrogen and oxygen atoms in total. The molecule has 2 N–H and O–H groups in total. The zero-order chi connectivity index (χ0) is 13.8. The number of aliphatic hydroxyl groups is 2. The van der Waals surface area contributed by atoms with Crippen LogP contribution < -0.4 is 4.74 Å². The maximum atomic E-state index is 10.2. The van der Waals surface area contributed by atoms with Gasteiger partial charge < -0.3 is 14.9 Å². The van der Waals surface area contributed by atoms with Gasteiger partial charge in [0.05, 0.1) is 11.7 Å². The molecule has 0 amide bonds. The zero-order valence-corrected chi connectivity index (χ0v) is 12.7. The molecule has 0 aromatic heterocycles. The van der Waals surface area contributed by atoms with Gasteiger partial charge in [-0.1, -0.05) is 35.8 Å². The lowest BCUT2D eigenvalue weighted by Crippen LogP contribution is -2.34. The van der Waals surface area contributed by atoms with Gasteiger partial charge >= 0.3 is 0 Å². The van der Waals surface area contributed by atoms with Gasteiger partial charge in [0, 0.05) is 10.0 Å². The third kappa shape index (κ3) is 3.97. The third-order valence-electron chi connectivity index (χ3n) is 3.24. The highest BCUT2D eigenvalue weighted by Crippen LogP contribution is 2.29. The molecule has 1 aromatic rings. The van der Waals surface area contributed by atoms with Crippen molar-refractivity contribution in [2.45, 2.75) is 45.3 Å². The molecule has 0 saturated heterocycles. The van der Waals surface area contributed by atoms with E-state index in [1.807, 2.05) is 32.0 Å². The minimum absolute atomic E-state index is 0.232. The van der Waals surface area contributed by atoms with Gasteiger partial charge in [-0.05, 0) is 31.9 Å². The summed E-state index contributed by atoms with van der Waals surface area (Å²) in [6, 6.07) is 5.50. The van der Waals surface area contributed by atoms with Crippen LogP contribution in [0.1, 0.15) is 45.3 Å². The summed E-state index contributed by atoms with van der Waals surface area (Å²) in [5, 5.41) is 19.9. The first-order valence-corrected chi connectivity index (χ1v) is 7.04. The summed E-state index contributed by atoms with van der Waals surface area (Å²) in [5.74, 6) is 0.611. The van der Waals surface area contributed by atoms with Crippen LogP contribution in [0.5, 0.6) is 5.75 Å². The van der Waals surface area contributed by atoms with E-state index in [1.54, 1.807) is 6.92 Å². The van der Waals surface area contributed by atoms with E-state index >= 15 is 0 Å². The fraction of sp³-hybridized carbons (Fsp3) is 0.571. The molecule has 4 heteroatoms. The van der Waals surface area contributed by atoms with E-state index in [1.165, 1.54) is 0 Å². The fourth-order valence-electron chi connectivity index (χ4n) is 1.64. The Bertz CT molecular complexity index is 387. The normalized spacial score (nSPS) is 13.4. The number of ether oxygens (including phenoxy) is 1. The molecule has 0 saturated carbocycles. The Labute approximate surface area is 117 Å². The van der Waals surface area contributed by atoms with Crippen molar-refractivity contribution in [2.24, 2.45) is 0 Å². The summed E-state index contributed by atoms with van der Waals surface area (Å²) in [6.45, 7) is 5.80. The van der Waals surface area contributed by atoms with Crippen molar-refractivity contribution in [3.05, 3.63) is 28.2 Å². The lowest BCUT2D eigenvalue weighted by molar-refractivity contribution is -0.0121. The molecule has 0 spiro atoms. The van der Waals surface area contributed by atoms with Gasteiger partial charge in [-0.2, -0.15) is 0 Å². The maximum absolute atomic E-state index is 10.2. The molecule has 0 bridgehead atoms. The lowest BCUT2D eigenvalue weighted by atomic mass is 9.99. The van der Waals surface area contributed by atoms with Crippen molar-refractivity contribution in [1.29, 1.82) is 0 Å². The summed E-state index contributed by atoms with van der Waals surface area (Å²) in [7, 11) is 0. The van der Waals surface area contributed by atoms with Crippen LogP contribution in [0.2, 0.25) is 0 Å². The van der Waals surface area contributed by atoms with Crippen molar-refractivity contribution in [3.8, 4) is 5.75 Å². The third-order valence-corrected chi connectivity index (χ3v) is 3.73. The van der Waals surface area contributed by atoms with Gasteiger partial charge in [-0.15, -0.1) is 0 Å². The average Bonchev–Trinajstić information content (AvgIpc) is 2.35. The van der Waals surface area contributed by atoms with E-state index in [0.29, 0.717) is 18.6 Å². The zero-order valence-electron chi connectivity index (χ0n) is 11.1. The van der Waals surface area contributed by atoms with Crippen LogP contribution in [0.25, 0.3) is 0 Å². The molecule has 1 atom stereocenters. The van der Waals surface area contributed by atoms with E-state index < -0.39 is 11.7 Å². The predicted octanol–water partition coefficient (Wildman–Crippen LogP) is 3.43. The summed E-state index contributed by atoms with van der Waals surface area (Å²) in [6.07, 6.45) is 0.688. The monoisotopic (exact) mass is 316 g/mol. The van der Waals surface area contributed by atoms with Crippen molar-refractivity contribution < 1.29 is 14.9 Å². The summed E-state index contributed by atoms with van der Waals surface area (Å²) < 4.78 is 6.57. The molecule has 0 aliphatic rings.